The molecule has 2 heterocycles. The van der Waals surface area contributed by atoms with Gasteiger partial charge in [0.2, 0.25) is 5.88 Å². The van der Waals surface area contributed by atoms with Crippen molar-refractivity contribution in [2.75, 3.05) is 24.5 Å². The molecule has 1 aliphatic heterocycles. The van der Waals surface area contributed by atoms with Gasteiger partial charge in [0.15, 0.2) is 11.6 Å². The summed E-state index contributed by atoms with van der Waals surface area (Å²) in [4.78, 5) is 35.3. The summed E-state index contributed by atoms with van der Waals surface area (Å²) in [7, 11) is 0. The first-order valence-corrected chi connectivity index (χ1v) is 10.1. The maximum absolute atomic E-state index is 13.4. The maximum atomic E-state index is 13.4. The molecule has 1 fully saturated rings. The molecule has 9 nitrogen and oxygen atoms in total. The van der Waals surface area contributed by atoms with Crippen LogP contribution in [0.1, 0.15) is 17.3 Å². The van der Waals surface area contributed by atoms with E-state index in [1.165, 1.54) is 30.6 Å². The number of nitro groups is 1. The standard InChI is InChI=1S/C22H19F2N5O4/c1-14-12-27(7-8-28(14)22(30)15-3-2-4-16(9-15)29(31)32)20-11-21(26-13-25-20)33-17-5-6-18(23)19(24)10-17/h2-6,9-11,13-14H,7-8,12H2,1H3/t14-/m1/s1. The van der Waals surface area contributed by atoms with Gasteiger partial charge in [0.25, 0.3) is 11.6 Å². The Bertz CT molecular complexity index is 1210. The number of nitrogens with zero attached hydrogens (tertiary/aromatic N) is 5. The Labute approximate surface area is 187 Å². The summed E-state index contributed by atoms with van der Waals surface area (Å²) in [5.41, 5.74) is 0.121. The number of rotatable bonds is 5. The monoisotopic (exact) mass is 455 g/mol. The average Bonchev–Trinajstić information content (AvgIpc) is 2.81. The fourth-order valence-corrected chi connectivity index (χ4v) is 3.61. The van der Waals surface area contributed by atoms with Crippen LogP contribution in [0.2, 0.25) is 0 Å². The molecule has 0 N–H and O–H groups in total. The number of amides is 1. The molecule has 3 aromatic rings. The Kier molecular flexibility index (Phi) is 6.11. The highest BCUT2D eigenvalue weighted by Gasteiger charge is 2.29. The second kappa shape index (κ2) is 9.15. The van der Waals surface area contributed by atoms with Crippen LogP contribution in [0.5, 0.6) is 11.6 Å². The van der Waals surface area contributed by atoms with Crippen LogP contribution in [0, 0.1) is 21.7 Å². The van der Waals surface area contributed by atoms with Gasteiger partial charge in [-0.1, -0.05) is 6.07 Å². The van der Waals surface area contributed by atoms with Gasteiger partial charge in [0, 0.05) is 55.5 Å². The minimum absolute atomic E-state index is 0.0966. The van der Waals surface area contributed by atoms with Gasteiger partial charge in [-0.05, 0) is 25.1 Å². The number of non-ortho nitro benzene ring substituents is 1. The lowest BCUT2D eigenvalue weighted by Crippen LogP contribution is -2.54. The molecule has 1 aromatic heterocycles. The highest BCUT2D eigenvalue weighted by Crippen LogP contribution is 2.26. The van der Waals surface area contributed by atoms with Crippen molar-refractivity contribution in [1.82, 2.24) is 14.9 Å². The predicted molar refractivity (Wildman–Crippen MR) is 114 cm³/mol. The van der Waals surface area contributed by atoms with Crippen molar-refractivity contribution in [2.45, 2.75) is 13.0 Å². The van der Waals surface area contributed by atoms with E-state index in [9.17, 15) is 23.7 Å². The summed E-state index contributed by atoms with van der Waals surface area (Å²) in [5, 5.41) is 11.0. The minimum atomic E-state index is -1.03. The zero-order chi connectivity index (χ0) is 23.5. The number of benzene rings is 2. The summed E-state index contributed by atoms with van der Waals surface area (Å²) in [6.45, 7) is 3.18. The highest BCUT2D eigenvalue weighted by molar-refractivity contribution is 5.95. The number of hydrogen-bond acceptors (Lipinski definition) is 7. The molecule has 0 radical (unpaired) electrons. The van der Waals surface area contributed by atoms with E-state index in [4.69, 9.17) is 4.74 Å². The number of anilines is 1. The minimum Gasteiger partial charge on any atom is -0.439 e. The van der Waals surface area contributed by atoms with E-state index in [1.807, 2.05) is 11.8 Å². The van der Waals surface area contributed by atoms with Gasteiger partial charge in [-0.2, -0.15) is 0 Å². The van der Waals surface area contributed by atoms with Crippen molar-refractivity contribution >= 4 is 17.4 Å². The molecule has 0 spiro atoms. The topological polar surface area (TPSA) is 102 Å². The Hall–Kier alpha value is -4.15. The summed E-state index contributed by atoms with van der Waals surface area (Å²) in [6.07, 6.45) is 1.30. The van der Waals surface area contributed by atoms with E-state index in [1.54, 1.807) is 17.0 Å². The maximum Gasteiger partial charge on any atom is 0.270 e. The molecule has 1 saturated heterocycles. The first kappa shape index (κ1) is 22.1. The Morgan fingerprint density at radius 3 is 2.67 bits per heavy atom. The van der Waals surface area contributed by atoms with Gasteiger partial charge in [0.1, 0.15) is 17.9 Å². The lowest BCUT2D eigenvalue weighted by Gasteiger charge is -2.40. The first-order valence-electron chi connectivity index (χ1n) is 10.1. The van der Waals surface area contributed by atoms with E-state index in [-0.39, 0.29) is 34.8 Å². The third-order valence-electron chi connectivity index (χ3n) is 5.26. The number of nitro benzene ring substituents is 1. The van der Waals surface area contributed by atoms with Gasteiger partial charge in [-0.15, -0.1) is 0 Å². The van der Waals surface area contributed by atoms with Crippen LogP contribution in [-0.2, 0) is 0 Å². The molecule has 4 rings (SSSR count). The summed E-state index contributed by atoms with van der Waals surface area (Å²) in [6, 6.07) is 10.2. The second-order valence-electron chi connectivity index (χ2n) is 7.49. The molecule has 1 aliphatic rings. The SMILES string of the molecule is C[C@@H]1CN(c2cc(Oc3ccc(F)c(F)c3)ncn2)CCN1C(=O)c1cccc([N+](=O)[O-])c1. The van der Waals surface area contributed by atoms with Gasteiger partial charge >= 0.3 is 0 Å². The molecular formula is C22H19F2N5O4. The fraction of sp³-hybridized carbons (Fsp3) is 0.227. The van der Waals surface area contributed by atoms with Crippen LogP contribution in [0.15, 0.2) is 54.9 Å². The molecule has 170 valence electrons. The van der Waals surface area contributed by atoms with Crippen LogP contribution in [0.4, 0.5) is 20.3 Å². The lowest BCUT2D eigenvalue weighted by atomic mass is 10.1. The van der Waals surface area contributed by atoms with E-state index in [2.05, 4.69) is 9.97 Å². The van der Waals surface area contributed by atoms with Crippen LogP contribution in [0.3, 0.4) is 0 Å². The van der Waals surface area contributed by atoms with Gasteiger partial charge < -0.3 is 14.5 Å². The summed E-state index contributed by atoms with van der Waals surface area (Å²) < 4.78 is 32.0. The number of halogens is 2. The van der Waals surface area contributed by atoms with Crippen molar-refractivity contribution in [2.24, 2.45) is 0 Å². The number of ether oxygens (including phenoxy) is 1. The van der Waals surface area contributed by atoms with Crippen molar-refractivity contribution in [1.29, 1.82) is 0 Å². The Morgan fingerprint density at radius 2 is 1.94 bits per heavy atom. The molecule has 0 saturated carbocycles. The normalized spacial score (nSPS) is 15.9. The second-order valence-corrected chi connectivity index (χ2v) is 7.49. The molecule has 1 amide bonds. The number of carbonyl (C=O) groups excluding carboxylic acids is 1. The number of piperazine rings is 1. The molecule has 0 bridgehead atoms. The van der Waals surface area contributed by atoms with Gasteiger partial charge in [-0.25, -0.2) is 18.7 Å². The smallest absolute Gasteiger partial charge is 0.270 e. The van der Waals surface area contributed by atoms with Crippen LogP contribution < -0.4 is 9.64 Å². The molecular weight excluding hydrogens is 436 g/mol. The molecule has 33 heavy (non-hydrogen) atoms. The third kappa shape index (κ3) is 4.86. The van der Waals surface area contributed by atoms with E-state index in [0.29, 0.717) is 25.5 Å². The van der Waals surface area contributed by atoms with Crippen molar-refractivity contribution < 1.29 is 23.2 Å². The van der Waals surface area contributed by atoms with E-state index >= 15 is 0 Å². The van der Waals surface area contributed by atoms with E-state index < -0.39 is 16.6 Å². The predicted octanol–water partition coefficient (Wildman–Crippen LogP) is 3.81. The molecule has 2 aromatic carbocycles. The summed E-state index contributed by atoms with van der Waals surface area (Å²) in [5.74, 6) is -1.47. The Morgan fingerprint density at radius 1 is 1.12 bits per heavy atom. The number of aromatic nitrogens is 2. The first-order chi connectivity index (χ1) is 15.8. The Balaban J connectivity index is 1.45. The van der Waals surface area contributed by atoms with Crippen LogP contribution in [0.25, 0.3) is 0 Å². The quantitative estimate of drug-likeness (QED) is 0.426. The van der Waals surface area contributed by atoms with Crippen LogP contribution >= 0.6 is 0 Å². The average molecular weight is 455 g/mol. The number of hydrogen-bond donors (Lipinski definition) is 0. The van der Waals surface area contributed by atoms with Gasteiger partial charge in [0.05, 0.1) is 4.92 Å². The zero-order valence-corrected chi connectivity index (χ0v) is 17.5. The van der Waals surface area contributed by atoms with Crippen molar-refractivity contribution in [3.05, 3.63) is 82.2 Å². The third-order valence-corrected chi connectivity index (χ3v) is 5.26. The fourth-order valence-electron chi connectivity index (χ4n) is 3.61. The van der Waals surface area contributed by atoms with E-state index in [0.717, 1.165) is 12.1 Å². The van der Waals surface area contributed by atoms with Crippen molar-refractivity contribution in [3.63, 3.8) is 0 Å². The largest absolute Gasteiger partial charge is 0.439 e. The molecule has 0 unspecified atom stereocenters. The lowest BCUT2D eigenvalue weighted by molar-refractivity contribution is -0.384. The summed E-state index contributed by atoms with van der Waals surface area (Å²) >= 11 is 0. The van der Waals surface area contributed by atoms with Crippen LogP contribution in [-0.4, -0.2) is 51.4 Å². The van der Waals surface area contributed by atoms with Crippen molar-refractivity contribution in [3.8, 4) is 11.6 Å². The van der Waals surface area contributed by atoms with Gasteiger partial charge in [-0.3, -0.25) is 14.9 Å². The molecule has 11 heteroatoms. The molecule has 1 atom stereocenters. The zero-order valence-electron chi connectivity index (χ0n) is 17.5. The highest BCUT2D eigenvalue weighted by atomic mass is 19.2. The number of carbonyl (C=O) groups is 1. The molecule has 0 aliphatic carbocycles.